The van der Waals surface area contributed by atoms with Crippen LogP contribution in [0.1, 0.15) is 48.9 Å². The summed E-state index contributed by atoms with van der Waals surface area (Å²) in [7, 11) is 1.62. The molecule has 2 fully saturated rings. The number of ketones is 1. The van der Waals surface area contributed by atoms with Gasteiger partial charge in [-0.3, -0.25) is 4.79 Å². The molecule has 0 unspecified atom stereocenters. The van der Waals surface area contributed by atoms with Crippen molar-refractivity contribution < 1.29 is 19.0 Å². The Morgan fingerprint density at radius 1 is 1.18 bits per heavy atom. The minimum Gasteiger partial charge on any atom is -0.497 e. The quantitative estimate of drug-likeness (QED) is 0.780. The molecule has 0 N–H and O–H groups in total. The smallest absolute Gasteiger partial charge is 0.165 e. The van der Waals surface area contributed by atoms with Gasteiger partial charge in [0.25, 0.3) is 0 Å². The van der Waals surface area contributed by atoms with Crippen molar-refractivity contribution in [2.24, 2.45) is 5.92 Å². The van der Waals surface area contributed by atoms with E-state index in [-0.39, 0.29) is 18.2 Å². The molecule has 1 aliphatic heterocycles. The number of hydrogen-bond acceptors (Lipinski definition) is 4. The van der Waals surface area contributed by atoms with Gasteiger partial charge in [0.1, 0.15) is 5.75 Å². The normalized spacial score (nSPS) is 26.0. The molecule has 0 bridgehead atoms. The van der Waals surface area contributed by atoms with Gasteiger partial charge in [-0.05, 0) is 37.1 Å². The lowest BCUT2D eigenvalue weighted by Crippen LogP contribution is -2.25. The van der Waals surface area contributed by atoms with Gasteiger partial charge in [0.2, 0.25) is 0 Å². The predicted molar refractivity (Wildman–Crippen MR) is 83.1 cm³/mol. The maximum absolute atomic E-state index is 12.3. The number of carbonyl (C=O) groups is 1. The largest absolute Gasteiger partial charge is 0.497 e. The van der Waals surface area contributed by atoms with E-state index in [1.54, 1.807) is 19.2 Å². The molecule has 1 aromatic carbocycles. The molecule has 3 rings (SSSR count). The van der Waals surface area contributed by atoms with Gasteiger partial charge < -0.3 is 14.2 Å². The molecule has 22 heavy (non-hydrogen) atoms. The van der Waals surface area contributed by atoms with Gasteiger partial charge in [-0.1, -0.05) is 19.3 Å². The number of carbonyl (C=O) groups excluding carboxylic acids is 1. The molecular weight excluding hydrogens is 280 g/mol. The zero-order valence-corrected chi connectivity index (χ0v) is 13.1. The standard InChI is InChI=1S/C18H24O4/c1-20-15-9-7-13(8-10-15)17(19)11-16-12-21-18(22-16)14-5-3-2-4-6-14/h7-10,14,16,18H,2-6,11-12H2,1H3/t16-,18-/m0/s1. The van der Waals surface area contributed by atoms with E-state index >= 15 is 0 Å². The van der Waals surface area contributed by atoms with Crippen molar-refractivity contribution in [3.05, 3.63) is 29.8 Å². The third-order valence-corrected chi connectivity index (χ3v) is 4.63. The fourth-order valence-corrected chi connectivity index (χ4v) is 3.33. The maximum atomic E-state index is 12.3. The van der Waals surface area contributed by atoms with Crippen molar-refractivity contribution in [1.29, 1.82) is 0 Å². The molecule has 1 aromatic rings. The van der Waals surface area contributed by atoms with Crippen LogP contribution in [0.4, 0.5) is 0 Å². The van der Waals surface area contributed by atoms with Crippen molar-refractivity contribution in [3.63, 3.8) is 0 Å². The average molecular weight is 304 g/mol. The number of Topliss-reactive ketones (excluding diaryl/α,β-unsaturated/α-hetero) is 1. The molecule has 0 aromatic heterocycles. The van der Waals surface area contributed by atoms with E-state index in [1.807, 2.05) is 12.1 Å². The SMILES string of the molecule is COc1ccc(C(=O)C[C@H]2CO[C@H](C3CCCCC3)O2)cc1. The number of ether oxygens (including phenoxy) is 3. The van der Waals surface area contributed by atoms with Crippen LogP contribution in [0.3, 0.4) is 0 Å². The summed E-state index contributed by atoms with van der Waals surface area (Å²) in [4.78, 5) is 12.3. The van der Waals surface area contributed by atoms with Crippen molar-refractivity contribution in [1.82, 2.24) is 0 Å². The van der Waals surface area contributed by atoms with Crippen molar-refractivity contribution in [2.45, 2.75) is 50.9 Å². The van der Waals surface area contributed by atoms with Crippen molar-refractivity contribution in [2.75, 3.05) is 13.7 Å². The Balaban J connectivity index is 1.51. The highest BCUT2D eigenvalue weighted by atomic mass is 16.7. The van der Waals surface area contributed by atoms with Crippen LogP contribution in [0.25, 0.3) is 0 Å². The monoisotopic (exact) mass is 304 g/mol. The van der Waals surface area contributed by atoms with Gasteiger partial charge in [0.15, 0.2) is 12.1 Å². The summed E-state index contributed by atoms with van der Waals surface area (Å²) in [5.74, 6) is 1.37. The van der Waals surface area contributed by atoms with Crippen LogP contribution in [0.15, 0.2) is 24.3 Å². The fourth-order valence-electron chi connectivity index (χ4n) is 3.33. The Kier molecular flexibility index (Phi) is 5.11. The van der Waals surface area contributed by atoms with Gasteiger partial charge >= 0.3 is 0 Å². The van der Waals surface area contributed by atoms with E-state index in [0.717, 1.165) is 5.75 Å². The minimum atomic E-state index is -0.110. The molecule has 2 aliphatic rings. The Hall–Kier alpha value is -1.39. The first-order chi connectivity index (χ1) is 10.8. The summed E-state index contributed by atoms with van der Waals surface area (Å²) in [5.41, 5.74) is 0.700. The molecule has 1 saturated carbocycles. The molecule has 1 saturated heterocycles. The first kappa shape index (κ1) is 15.5. The lowest BCUT2D eigenvalue weighted by atomic mass is 9.89. The van der Waals surface area contributed by atoms with Crippen LogP contribution in [0.2, 0.25) is 0 Å². The predicted octanol–water partition coefficient (Wildman–Crippen LogP) is 3.59. The lowest BCUT2D eigenvalue weighted by molar-refractivity contribution is -0.104. The Morgan fingerprint density at radius 2 is 1.91 bits per heavy atom. The first-order valence-electron chi connectivity index (χ1n) is 8.20. The van der Waals surface area contributed by atoms with E-state index in [1.165, 1.54) is 32.1 Å². The summed E-state index contributed by atoms with van der Waals surface area (Å²) in [6, 6.07) is 7.22. The van der Waals surface area contributed by atoms with E-state index < -0.39 is 0 Å². The molecule has 120 valence electrons. The molecular formula is C18H24O4. The van der Waals surface area contributed by atoms with Crippen LogP contribution in [-0.4, -0.2) is 31.9 Å². The van der Waals surface area contributed by atoms with E-state index in [9.17, 15) is 4.79 Å². The lowest BCUT2D eigenvalue weighted by Gasteiger charge is -2.26. The third-order valence-electron chi connectivity index (χ3n) is 4.63. The number of methoxy groups -OCH3 is 1. The van der Waals surface area contributed by atoms with Gasteiger partial charge in [-0.2, -0.15) is 0 Å². The maximum Gasteiger partial charge on any atom is 0.165 e. The summed E-state index contributed by atoms with van der Waals surface area (Å²) in [5, 5.41) is 0. The molecule has 1 heterocycles. The molecule has 4 heteroatoms. The highest BCUT2D eigenvalue weighted by Crippen LogP contribution is 2.32. The van der Waals surface area contributed by atoms with Crippen LogP contribution in [0, 0.1) is 5.92 Å². The van der Waals surface area contributed by atoms with Crippen molar-refractivity contribution in [3.8, 4) is 5.75 Å². The topological polar surface area (TPSA) is 44.8 Å². The molecule has 0 radical (unpaired) electrons. The molecule has 0 amide bonds. The van der Waals surface area contributed by atoms with Crippen LogP contribution in [0.5, 0.6) is 5.75 Å². The summed E-state index contributed by atoms with van der Waals surface area (Å²) in [6.07, 6.45) is 6.40. The van der Waals surface area contributed by atoms with Gasteiger partial charge in [-0.25, -0.2) is 0 Å². The second-order valence-corrected chi connectivity index (χ2v) is 6.21. The van der Waals surface area contributed by atoms with Gasteiger partial charge in [0.05, 0.1) is 19.8 Å². The highest BCUT2D eigenvalue weighted by molar-refractivity contribution is 5.96. The molecule has 4 nitrogen and oxygen atoms in total. The summed E-state index contributed by atoms with van der Waals surface area (Å²) >= 11 is 0. The molecule has 2 atom stereocenters. The van der Waals surface area contributed by atoms with E-state index in [2.05, 4.69) is 0 Å². The summed E-state index contributed by atoms with van der Waals surface area (Å²) in [6.45, 7) is 0.531. The summed E-state index contributed by atoms with van der Waals surface area (Å²) < 4.78 is 16.9. The number of hydrogen-bond donors (Lipinski definition) is 0. The highest BCUT2D eigenvalue weighted by Gasteiger charge is 2.34. The second kappa shape index (κ2) is 7.25. The number of benzene rings is 1. The minimum absolute atomic E-state index is 0.0977. The Morgan fingerprint density at radius 3 is 2.59 bits per heavy atom. The Labute approximate surface area is 131 Å². The first-order valence-corrected chi connectivity index (χ1v) is 8.20. The zero-order valence-electron chi connectivity index (χ0n) is 13.1. The molecule has 1 aliphatic carbocycles. The van der Waals surface area contributed by atoms with Crippen LogP contribution in [-0.2, 0) is 9.47 Å². The number of rotatable bonds is 5. The zero-order chi connectivity index (χ0) is 15.4. The molecule has 0 spiro atoms. The van der Waals surface area contributed by atoms with Crippen LogP contribution < -0.4 is 4.74 Å². The van der Waals surface area contributed by atoms with Crippen molar-refractivity contribution >= 4 is 5.78 Å². The van der Waals surface area contributed by atoms with Crippen LogP contribution >= 0.6 is 0 Å². The van der Waals surface area contributed by atoms with Gasteiger partial charge in [-0.15, -0.1) is 0 Å². The second-order valence-electron chi connectivity index (χ2n) is 6.21. The average Bonchev–Trinajstić information content (AvgIpc) is 3.04. The Bertz CT molecular complexity index is 490. The fraction of sp³-hybridized carbons (Fsp3) is 0.611. The van der Waals surface area contributed by atoms with E-state index in [0.29, 0.717) is 24.5 Å². The third kappa shape index (κ3) is 3.68. The van der Waals surface area contributed by atoms with E-state index in [4.69, 9.17) is 14.2 Å². The van der Waals surface area contributed by atoms with Gasteiger partial charge in [0, 0.05) is 17.9 Å².